The maximum absolute atomic E-state index is 11.0. The average molecular weight is 276 g/mol. The number of rotatable bonds is 7. The predicted octanol–water partition coefficient (Wildman–Crippen LogP) is 1.72. The van der Waals surface area contributed by atoms with E-state index in [1.165, 1.54) is 6.07 Å². The summed E-state index contributed by atoms with van der Waals surface area (Å²) in [6.45, 7) is 1.43. The normalized spacial score (nSPS) is 10.4. The molecule has 0 spiro atoms. The second kappa shape index (κ2) is 6.67. The van der Waals surface area contributed by atoms with Crippen LogP contribution in [0, 0.1) is 10.1 Å². The third-order valence-corrected chi connectivity index (χ3v) is 2.83. The van der Waals surface area contributed by atoms with Crippen molar-refractivity contribution in [2.75, 3.05) is 6.61 Å². The van der Waals surface area contributed by atoms with Gasteiger partial charge in [0, 0.05) is 31.5 Å². The highest BCUT2D eigenvalue weighted by atomic mass is 16.6. The van der Waals surface area contributed by atoms with Gasteiger partial charge in [-0.3, -0.25) is 10.1 Å². The molecule has 20 heavy (non-hydrogen) atoms. The van der Waals surface area contributed by atoms with Crippen LogP contribution in [0.1, 0.15) is 12.0 Å². The van der Waals surface area contributed by atoms with E-state index in [1.54, 1.807) is 24.7 Å². The maximum Gasteiger partial charge on any atom is 0.311 e. The molecule has 0 fully saturated rings. The molecule has 0 amide bonds. The van der Waals surface area contributed by atoms with E-state index in [0.29, 0.717) is 12.2 Å². The van der Waals surface area contributed by atoms with E-state index in [4.69, 9.17) is 10.5 Å². The number of hydrogen-bond donors (Lipinski definition) is 1. The van der Waals surface area contributed by atoms with Crippen LogP contribution in [0.15, 0.2) is 36.9 Å². The van der Waals surface area contributed by atoms with E-state index >= 15 is 0 Å². The van der Waals surface area contributed by atoms with E-state index in [2.05, 4.69) is 4.98 Å². The summed E-state index contributed by atoms with van der Waals surface area (Å²) in [6, 6.07) is 4.78. The zero-order chi connectivity index (χ0) is 14.4. The summed E-state index contributed by atoms with van der Waals surface area (Å²) in [5.41, 5.74) is 6.14. The third kappa shape index (κ3) is 3.55. The molecule has 2 aromatic rings. The topological polar surface area (TPSA) is 96.2 Å². The smallest absolute Gasteiger partial charge is 0.311 e. The molecule has 0 radical (unpaired) electrons. The highest BCUT2D eigenvalue weighted by Gasteiger charge is 2.15. The van der Waals surface area contributed by atoms with Crippen LogP contribution < -0.4 is 10.5 Å². The average Bonchev–Trinajstić information content (AvgIpc) is 2.96. The first kappa shape index (κ1) is 14.0. The van der Waals surface area contributed by atoms with Crippen molar-refractivity contribution in [3.63, 3.8) is 0 Å². The van der Waals surface area contributed by atoms with Crippen molar-refractivity contribution in [2.45, 2.75) is 19.5 Å². The number of benzene rings is 1. The van der Waals surface area contributed by atoms with E-state index in [-0.39, 0.29) is 18.0 Å². The monoisotopic (exact) mass is 276 g/mol. The summed E-state index contributed by atoms with van der Waals surface area (Å²) in [5, 5.41) is 11.0. The maximum atomic E-state index is 11.0. The van der Waals surface area contributed by atoms with Crippen molar-refractivity contribution in [3.05, 3.63) is 52.6 Å². The van der Waals surface area contributed by atoms with E-state index in [1.807, 2.05) is 10.8 Å². The number of nitro groups is 1. The third-order valence-electron chi connectivity index (χ3n) is 2.83. The number of nitro benzene ring substituents is 1. The van der Waals surface area contributed by atoms with Crippen LogP contribution >= 0.6 is 0 Å². The zero-order valence-electron chi connectivity index (χ0n) is 10.9. The second-order valence-electron chi connectivity index (χ2n) is 4.27. The lowest BCUT2D eigenvalue weighted by Gasteiger charge is -2.08. The van der Waals surface area contributed by atoms with E-state index < -0.39 is 4.92 Å². The molecule has 7 heteroatoms. The van der Waals surface area contributed by atoms with Gasteiger partial charge >= 0.3 is 5.69 Å². The molecule has 0 bridgehead atoms. The minimum Gasteiger partial charge on any atom is -0.487 e. The summed E-state index contributed by atoms with van der Waals surface area (Å²) in [5.74, 6) is 0.276. The number of aryl methyl sites for hydroxylation is 1. The number of aromatic nitrogens is 2. The minimum absolute atomic E-state index is 0.0458. The molecule has 0 unspecified atom stereocenters. The van der Waals surface area contributed by atoms with Gasteiger partial charge in [-0.05, 0) is 18.1 Å². The Morgan fingerprint density at radius 3 is 2.95 bits per heavy atom. The number of nitrogens with zero attached hydrogens (tertiary/aromatic N) is 3. The molecular formula is C13H16N4O3. The van der Waals surface area contributed by atoms with Gasteiger partial charge in [-0.1, -0.05) is 6.07 Å². The SMILES string of the molecule is NCc1ccc(OCCCn2ccnc2)c([N+](=O)[O-])c1. The molecule has 1 aromatic heterocycles. The molecule has 7 nitrogen and oxygen atoms in total. The lowest BCUT2D eigenvalue weighted by Crippen LogP contribution is -2.05. The van der Waals surface area contributed by atoms with Gasteiger partial charge in [-0.25, -0.2) is 4.98 Å². The fraction of sp³-hybridized carbons (Fsp3) is 0.308. The lowest BCUT2D eigenvalue weighted by molar-refractivity contribution is -0.385. The first-order valence-corrected chi connectivity index (χ1v) is 6.26. The van der Waals surface area contributed by atoms with Gasteiger partial charge in [0.2, 0.25) is 0 Å². The molecule has 0 aliphatic heterocycles. The Kier molecular flexibility index (Phi) is 4.67. The van der Waals surface area contributed by atoms with Crippen LogP contribution in [0.4, 0.5) is 5.69 Å². The van der Waals surface area contributed by atoms with Crippen LogP contribution in [-0.2, 0) is 13.1 Å². The molecule has 0 aliphatic rings. The first-order valence-electron chi connectivity index (χ1n) is 6.26. The quantitative estimate of drug-likeness (QED) is 0.472. The molecule has 0 saturated heterocycles. The van der Waals surface area contributed by atoms with E-state index in [9.17, 15) is 10.1 Å². The van der Waals surface area contributed by atoms with Gasteiger partial charge in [0.05, 0.1) is 17.9 Å². The van der Waals surface area contributed by atoms with Gasteiger partial charge in [0.25, 0.3) is 0 Å². The highest BCUT2D eigenvalue weighted by Crippen LogP contribution is 2.27. The lowest BCUT2D eigenvalue weighted by atomic mass is 10.2. The summed E-state index contributed by atoms with van der Waals surface area (Å²) < 4.78 is 7.41. The minimum atomic E-state index is -0.454. The largest absolute Gasteiger partial charge is 0.487 e. The summed E-state index contributed by atoms with van der Waals surface area (Å²) >= 11 is 0. The first-order chi connectivity index (χ1) is 9.70. The Morgan fingerprint density at radius 2 is 2.30 bits per heavy atom. The Morgan fingerprint density at radius 1 is 1.45 bits per heavy atom. The Labute approximate surface area is 116 Å². The number of imidazole rings is 1. The molecule has 0 aliphatic carbocycles. The molecule has 0 atom stereocenters. The molecular weight excluding hydrogens is 260 g/mol. The van der Waals surface area contributed by atoms with Gasteiger partial charge in [0.1, 0.15) is 0 Å². The van der Waals surface area contributed by atoms with Crippen molar-refractivity contribution >= 4 is 5.69 Å². The summed E-state index contributed by atoms with van der Waals surface area (Å²) in [7, 11) is 0. The predicted molar refractivity (Wildman–Crippen MR) is 73.3 cm³/mol. The van der Waals surface area contributed by atoms with Crippen molar-refractivity contribution in [1.29, 1.82) is 0 Å². The van der Waals surface area contributed by atoms with Gasteiger partial charge in [0.15, 0.2) is 5.75 Å². The van der Waals surface area contributed by atoms with Gasteiger partial charge in [-0.2, -0.15) is 0 Å². The summed E-state index contributed by atoms with van der Waals surface area (Å²) in [4.78, 5) is 14.5. The molecule has 0 saturated carbocycles. The van der Waals surface area contributed by atoms with Crippen LogP contribution in [0.25, 0.3) is 0 Å². The van der Waals surface area contributed by atoms with Crippen molar-refractivity contribution < 1.29 is 9.66 Å². The van der Waals surface area contributed by atoms with Crippen molar-refractivity contribution in [2.24, 2.45) is 5.73 Å². The zero-order valence-corrected chi connectivity index (χ0v) is 10.9. The van der Waals surface area contributed by atoms with Crippen molar-refractivity contribution in [3.8, 4) is 5.75 Å². The number of ether oxygens (including phenoxy) is 1. The molecule has 2 N–H and O–H groups in total. The number of hydrogen-bond acceptors (Lipinski definition) is 5. The van der Waals surface area contributed by atoms with E-state index in [0.717, 1.165) is 13.0 Å². The number of nitrogens with two attached hydrogens (primary N) is 1. The Balaban J connectivity index is 1.93. The standard InChI is InChI=1S/C13H16N4O3/c14-9-11-2-3-13(12(8-11)17(18)19)20-7-1-5-16-6-4-15-10-16/h2-4,6,8,10H,1,5,7,9,14H2. The fourth-order valence-corrected chi connectivity index (χ4v) is 1.80. The molecule has 1 aromatic carbocycles. The van der Waals surface area contributed by atoms with Crippen LogP contribution in [0.5, 0.6) is 5.75 Å². The molecule has 2 rings (SSSR count). The molecule has 1 heterocycles. The van der Waals surface area contributed by atoms with Crippen molar-refractivity contribution in [1.82, 2.24) is 9.55 Å². The Hall–Kier alpha value is -2.41. The summed E-state index contributed by atoms with van der Waals surface area (Å²) in [6.07, 6.45) is 6.03. The highest BCUT2D eigenvalue weighted by molar-refractivity contribution is 5.48. The van der Waals surface area contributed by atoms with Crippen LogP contribution in [-0.4, -0.2) is 21.1 Å². The van der Waals surface area contributed by atoms with Crippen LogP contribution in [0.2, 0.25) is 0 Å². The molecule has 106 valence electrons. The van der Waals surface area contributed by atoms with Gasteiger partial charge < -0.3 is 15.0 Å². The Bertz CT molecular complexity index is 569. The van der Waals surface area contributed by atoms with Crippen LogP contribution in [0.3, 0.4) is 0 Å². The van der Waals surface area contributed by atoms with Gasteiger partial charge in [-0.15, -0.1) is 0 Å². The fourth-order valence-electron chi connectivity index (χ4n) is 1.80. The second-order valence-corrected chi connectivity index (χ2v) is 4.27.